The number of thiazole rings is 1. The second kappa shape index (κ2) is 8.67. The first-order valence-corrected chi connectivity index (χ1v) is 9.54. The zero-order valence-electron chi connectivity index (χ0n) is 15.7. The van der Waals surface area contributed by atoms with Crippen molar-refractivity contribution in [2.24, 2.45) is 0 Å². The van der Waals surface area contributed by atoms with Gasteiger partial charge >= 0.3 is 5.97 Å². The van der Waals surface area contributed by atoms with Crippen molar-refractivity contribution in [2.45, 2.75) is 13.8 Å². The van der Waals surface area contributed by atoms with Gasteiger partial charge < -0.3 is 9.15 Å². The third kappa shape index (κ3) is 4.37. The van der Waals surface area contributed by atoms with E-state index in [1.807, 2.05) is 35.7 Å². The molecule has 0 aliphatic rings. The highest BCUT2D eigenvalue weighted by molar-refractivity contribution is 7.14. The Morgan fingerprint density at radius 1 is 1.29 bits per heavy atom. The molecule has 0 radical (unpaired) electrons. The first-order valence-electron chi connectivity index (χ1n) is 8.66. The van der Waals surface area contributed by atoms with E-state index in [9.17, 15) is 9.59 Å². The van der Waals surface area contributed by atoms with E-state index in [0.29, 0.717) is 22.2 Å². The number of rotatable bonds is 7. The molecule has 0 aliphatic carbocycles. The maximum absolute atomic E-state index is 12.6. The number of aromatic nitrogens is 1. The standard InChI is InChI=1S/C21H20N2O4S/c1-4-10-23(21-22-18(13-28-21)16-8-6-5-7-9-16)19(24)12-26-20(25)17-11-14(2)27-15(17)3/h4-9,11,13H,1,10,12H2,2-3H3. The fraction of sp³-hybridized carbons (Fsp3) is 0.190. The lowest BCUT2D eigenvalue weighted by molar-refractivity contribution is -0.121. The molecule has 2 aromatic heterocycles. The Kier molecular flexibility index (Phi) is 6.06. The van der Waals surface area contributed by atoms with E-state index in [-0.39, 0.29) is 12.5 Å². The highest BCUT2D eigenvalue weighted by Crippen LogP contribution is 2.27. The summed E-state index contributed by atoms with van der Waals surface area (Å²) in [4.78, 5) is 30.8. The van der Waals surface area contributed by atoms with Gasteiger partial charge in [0.05, 0.1) is 5.69 Å². The molecule has 0 atom stereocenters. The van der Waals surface area contributed by atoms with Gasteiger partial charge in [-0.15, -0.1) is 17.9 Å². The average Bonchev–Trinajstić information content (AvgIpc) is 3.31. The van der Waals surface area contributed by atoms with Gasteiger partial charge in [0.15, 0.2) is 11.7 Å². The lowest BCUT2D eigenvalue weighted by Crippen LogP contribution is -2.34. The normalized spacial score (nSPS) is 10.5. The summed E-state index contributed by atoms with van der Waals surface area (Å²) in [7, 11) is 0. The van der Waals surface area contributed by atoms with Gasteiger partial charge in [-0.3, -0.25) is 9.69 Å². The zero-order chi connectivity index (χ0) is 20.1. The summed E-state index contributed by atoms with van der Waals surface area (Å²) in [5.74, 6) is 0.107. The van der Waals surface area contributed by atoms with Crippen LogP contribution in [0.2, 0.25) is 0 Å². The summed E-state index contributed by atoms with van der Waals surface area (Å²) in [6.45, 7) is 6.99. The summed E-state index contributed by atoms with van der Waals surface area (Å²) in [5.41, 5.74) is 2.07. The Labute approximate surface area is 167 Å². The highest BCUT2D eigenvalue weighted by atomic mass is 32.1. The van der Waals surface area contributed by atoms with Gasteiger partial charge in [0.2, 0.25) is 0 Å². The number of carbonyl (C=O) groups is 2. The lowest BCUT2D eigenvalue weighted by atomic mass is 10.2. The van der Waals surface area contributed by atoms with E-state index in [0.717, 1.165) is 11.3 Å². The number of hydrogen-bond donors (Lipinski definition) is 0. The molecule has 2 heterocycles. The number of amides is 1. The van der Waals surface area contributed by atoms with Crippen molar-refractivity contribution >= 4 is 28.3 Å². The maximum atomic E-state index is 12.6. The third-order valence-electron chi connectivity index (χ3n) is 3.99. The van der Waals surface area contributed by atoms with Crippen molar-refractivity contribution in [3.05, 3.63) is 71.5 Å². The third-order valence-corrected chi connectivity index (χ3v) is 4.86. The number of benzene rings is 1. The van der Waals surface area contributed by atoms with Gasteiger partial charge in [-0.05, 0) is 19.9 Å². The number of aryl methyl sites for hydroxylation is 2. The molecular formula is C21H20N2O4S. The molecule has 3 aromatic rings. The van der Waals surface area contributed by atoms with E-state index in [1.165, 1.54) is 16.2 Å². The van der Waals surface area contributed by atoms with Crippen LogP contribution in [0.15, 0.2) is 58.9 Å². The van der Waals surface area contributed by atoms with Crippen LogP contribution in [0.3, 0.4) is 0 Å². The quantitative estimate of drug-likeness (QED) is 0.437. The summed E-state index contributed by atoms with van der Waals surface area (Å²) in [5, 5.41) is 2.41. The number of ether oxygens (including phenoxy) is 1. The van der Waals surface area contributed by atoms with E-state index in [1.54, 1.807) is 26.0 Å². The van der Waals surface area contributed by atoms with Crippen LogP contribution in [0, 0.1) is 13.8 Å². The van der Waals surface area contributed by atoms with E-state index < -0.39 is 12.6 Å². The first kappa shape index (κ1) is 19.6. The van der Waals surface area contributed by atoms with Gasteiger partial charge in [0.1, 0.15) is 17.1 Å². The SMILES string of the molecule is C=CCN(C(=O)COC(=O)c1cc(C)oc1C)c1nc(-c2ccccc2)cs1. The largest absolute Gasteiger partial charge is 0.466 e. The molecule has 0 saturated heterocycles. The van der Waals surface area contributed by atoms with Gasteiger partial charge in [0.25, 0.3) is 5.91 Å². The van der Waals surface area contributed by atoms with Crippen molar-refractivity contribution in [3.8, 4) is 11.3 Å². The van der Waals surface area contributed by atoms with Crippen LogP contribution >= 0.6 is 11.3 Å². The molecule has 0 fully saturated rings. The number of furan rings is 1. The van der Waals surface area contributed by atoms with Crippen molar-refractivity contribution in [1.29, 1.82) is 0 Å². The number of esters is 1. The summed E-state index contributed by atoms with van der Waals surface area (Å²) in [6, 6.07) is 11.3. The number of anilines is 1. The molecule has 0 bridgehead atoms. The molecule has 0 unspecified atom stereocenters. The van der Waals surface area contributed by atoms with Crippen LogP contribution in [0.5, 0.6) is 0 Å². The van der Waals surface area contributed by atoms with Crippen molar-refractivity contribution in [2.75, 3.05) is 18.1 Å². The van der Waals surface area contributed by atoms with Crippen LogP contribution in [-0.4, -0.2) is 30.0 Å². The minimum Gasteiger partial charge on any atom is -0.466 e. The summed E-state index contributed by atoms with van der Waals surface area (Å²) >= 11 is 1.35. The molecule has 0 aliphatic heterocycles. The van der Waals surface area contributed by atoms with Crippen LogP contribution in [0.4, 0.5) is 5.13 Å². The molecule has 0 saturated carbocycles. The lowest BCUT2D eigenvalue weighted by Gasteiger charge is -2.17. The molecular weight excluding hydrogens is 376 g/mol. The summed E-state index contributed by atoms with van der Waals surface area (Å²) < 4.78 is 10.5. The van der Waals surface area contributed by atoms with Crippen molar-refractivity contribution in [1.82, 2.24) is 4.98 Å². The van der Waals surface area contributed by atoms with Gasteiger partial charge in [0, 0.05) is 17.5 Å². The highest BCUT2D eigenvalue weighted by Gasteiger charge is 2.22. The predicted molar refractivity (Wildman–Crippen MR) is 109 cm³/mol. The van der Waals surface area contributed by atoms with Crippen LogP contribution in [0.1, 0.15) is 21.9 Å². The molecule has 0 spiro atoms. The Bertz CT molecular complexity index is 991. The van der Waals surface area contributed by atoms with Crippen molar-refractivity contribution < 1.29 is 18.7 Å². The van der Waals surface area contributed by atoms with Crippen LogP contribution in [-0.2, 0) is 9.53 Å². The Morgan fingerprint density at radius 2 is 2.04 bits per heavy atom. The fourth-order valence-electron chi connectivity index (χ4n) is 2.66. The van der Waals surface area contributed by atoms with Crippen LogP contribution in [0.25, 0.3) is 11.3 Å². The number of carbonyl (C=O) groups excluding carboxylic acids is 2. The Balaban J connectivity index is 1.70. The van der Waals surface area contributed by atoms with Gasteiger partial charge in [-0.2, -0.15) is 0 Å². The summed E-state index contributed by atoms with van der Waals surface area (Å²) in [6.07, 6.45) is 1.60. The molecule has 3 rings (SSSR count). The van der Waals surface area contributed by atoms with Gasteiger partial charge in [-0.1, -0.05) is 36.4 Å². The Morgan fingerprint density at radius 3 is 2.68 bits per heavy atom. The minimum atomic E-state index is -0.592. The molecule has 1 aromatic carbocycles. The monoisotopic (exact) mass is 396 g/mol. The molecule has 0 N–H and O–H groups in total. The molecule has 7 heteroatoms. The van der Waals surface area contributed by atoms with Gasteiger partial charge in [-0.25, -0.2) is 9.78 Å². The maximum Gasteiger partial charge on any atom is 0.342 e. The fourth-order valence-corrected chi connectivity index (χ4v) is 3.52. The first-order chi connectivity index (χ1) is 13.5. The van der Waals surface area contributed by atoms with E-state index in [2.05, 4.69) is 11.6 Å². The molecule has 144 valence electrons. The zero-order valence-corrected chi connectivity index (χ0v) is 16.5. The van der Waals surface area contributed by atoms with Crippen LogP contribution < -0.4 is 4.90 Å². The molecule has 28 heavy (non-hydrogen) atoms. The second-order valence-electron chi connectivity index (χ2n) is 6.08. The van der Waals surface area contributed by atoms with E-state index in [4.69, 9.17) is 9.15 Å². The number of nitrogens with zero attached hydrogens (tertiary/aromatic N) is 2. The second-order valence-corrected chi connectivity index (χ2v) is 6.91. The molecule has 6 nitrogen and oxygen atoms in total. The number of hydrogen-bond acceptors (Lipinski definition) is 6. The smallest absolute Gasteiger partial charge is 0.342 e. The predicted octanol–water partition coefficient (Wildman–Crippen LogP) is 4.40. The van der Waals surface area contributed by atoms with E-state index >= 15 is 0 Å². The van der Waals surface area contributed by atoms with Crippen molar-refractivity contribution in [3.63, 3.8) is 0 Å². The topological polar surface area (TPSA) is 72.6 Å². The average molecular weight is 396 g/mol. The Hall–Kier alpha value is -3.19. The molecule has 1 amide bonds. The minimum absolute atomic E-state index is 0.266.